The molecule has 2 saturated heterocycles. The van der Waals surface area contributed by atoms with E-state index >= 15 is 0 Å². The summed E-state index contributed by atoms with van der Waals surface area (Å²) < 4.78 is 7.28. The first kappa shape index (κ1) is 21.4. The molecule has 0 radical (unpaired) electrons. The van der Waals surface area contributed by atoms with Crippen LogP contribution in [0.2, 0.25) is 0 Å². The molecule has 33 heavy (non-hydrogen) atoms. The second kappa shape index (κ2) is 7.86. The Morgan fingerprint density at radius 3 is 2.94 bits per heavy atom. The summed E-state index contributed by atoms with van der Waals surface area (Å²) >= 11 is 0. The first-order chi connectivity index (χ1) is 15.7. The van der Waals surface area contributed by atoms with Crippen LogP contribution in [0, 0.1) is 11.8 Å². The van der Waals surface area contributed by atoms with Crippen molar-refractivity contribution in [2.45, 2.75) is 50.8 Å². The van der Waals surface area contributed by atoms with Crippen LogP contribution in [0.25, 0.3) is 16.9 Å². The van der Waals surface area contributed by atoms with Gasteiger partial charge in [0.05, 0.1) is 43.5 Å². The quantitative estimate of drug-likeness (QED) is 0.502. The lowest BCUT2D eigenvalue weighted by molar-refractivity contribution is -0.131. The van der Waals surface area contributed by atoms with Crippen LogP contribution in [0.5, 0.6) is 0 Å². The van der Waals surface area contributed by atoms with Gasteiger partial charge in [-0.25, -0.2) is 4.98 Å². The highest BCUT2D eigenvalue weighted by atomic mass is 16.5. The summed E-state index contributed by atoms with van der Waals surface area (Å²) in [5, 5.41) is 26.2. The van der Waals surface area contributed by atoms with Gasteiger partial charge in [-0.15, -0.1) is 0 Å². The Morgan fingerprint density at radius 2 is 2.21 bits per heavy atom. The molecule has 0 aromatic carbocycles. The number of fused-ring (bicyclic) bond motifs is 1. The van der Waals surface area contributed by atoms with E-state index in [4.69, 9.17) is 9.72 Å². The van der Waals surface area contributed by atoms with Gasteiger partial charge in [0, 0.05) is 30.1 Å². The number of hydrogen-bond donors (Lipinski definition) is 3. The van der Waals surface area contributed by atoms with Gasteiger partial charge >= 0.3 is 0 Å². The number of aromatic amines is 1. The van der Waals surface area contributed by atoms with Gasteiger partial charge in [-0.05, 0) is 26.8 Å². The highest BCUT2D eigenvalue weighted by Crippen LogP contribution is 2.30. The number of morpholine rings is 1. The molecule has 0 aliphatic carbocycles. The minimum absolute atomic E-state index is 0.0571. The maximum absolute atomic E-state index is 12.2. The second-order valence-electron chi connectivity index (χ2n) is 9.45. The van der Waals surface area contributed by atoms with Crippen molar-refractivity contribution in [2.75, 3.05) is 24.7 Å². The van der Waals surface area contributed by atoms with Crippen LogP contribution in [-0.2, 0) is 9.53 Å². The number of hydrogen-bond acceptors (Lipinski definition) is 7. The summed E-state index contributed by atoms with van der Waals surface area (Å²) in [5.74, 6) is 7.39. The number of nitrogens with one attached hydrogen (secondary N) is 2. The predicted molar refractivity (Wildman–Crippen MR) is 122 cm³/mol. The van der Waals surface area contributed by atoms with Crippen LogP contribution in [-0.4, -0.2) is 72.9 Å². The Hall–Kier alpha value is -3.42. The van der Waals surface area contributed by atoms with Crippen molar-refractivity contribution < 1.29 is 14.6 Å². The van der Waals surface area contributed by atoms with E-state index in [-0.39, 0.29) is 18.4 Å². The van der Waals surface area contributed by atoms with Crippen LogP contribution < -0.4 is 10.2 Å². The lowest BCUT2D eigenvalue weighted by Crippen LogP contribution is -2.56. The molecule has 2 aliphatic heterocycles. The van der Waals surface area contributed by atoms with Crippen molar-refractivity contribution in [3.8, 4) is 17.7 Å². The fraction of sp³-hybridized carbons (Fsp3) is 0.478. The molecule has 1 amide bonds. The van der Waals surface area contributed by atoms with Gasteiger partial charge in [-0.3, -0.25) is 9.89 Å². The van der Waals surface area contributed by atoms with E-state index < -0.39 is 11.1 Å². The highest BCUT2D eigenvalue weighted by molar-refractivity contribution is 5.85. The molecule has 5 rings (SSSR count). The molecule has 0 bridgehead atoms. The Kier molecular flexibility index (Phi) is 5.11. The average Bonchev–Trinajstić information content (AvgIpc) is 3.40. The molecule has 1 unspecified atom stereocenters. The van der Waals surface area contributed by atoms with E-state index in [0.29, 0.717) is 43.2 Å². The number of carbonyl (C=O) groups excluding carboxylic acids is 1. The van der Waals surface area contributed by atoms with E-state index in [9.17, 15) is 9.90 Å². The highest BCUT2D eigenvalue weighted by Gasteiger charge is 2.41. The summed E-state index contributed by atoms with van der Waals surface area (Å²) in [4.78, 5) is 19.2. The van der Waals surface area contributed by atoms with Gasteiger partial charge < -0.3 is 20.1 Å². The SMILES string of the molecule is C[C@@H]1COCCN1c1cc(C#CC2(O)CC(=O)NC(C)(C)C2)c2cnn(-c3ccn[nH]3)c2n1. The normalized spacial score (nSPS) is 24.9. The van der Waals surface area contributed by atoms with Gasteiger partial charge in [-0.2, -0.15) is 14.9 Å². The molecule has 3 aromatic rings. The minimum Gasteiger partial charge on any atom is -0.377 e. The van der Waals surface area contributed by atoms with Crippen molar-refractivity contribution in [3.05, 3.63) is 30.1 Å². The van der Waals surface area contributed by atoms with Crippen LogP contribution >= 0.6 is 0 Å². The van der Waals surface area contributed by atoms with E-state index in [0.717, 1.165) is 11.2 Å². The molecule has 172 valence electrons. The standard InChI is InChI=1S/C23H27N7O3/c1-15-13-33-9-8-29(15)19-10-16(4-6-23(32)11-20(31)27-22(2,3)14-23)17-12-25-30(21(17)26-19)18-5-7-24-28-18/h5,7,10,12,15,32H,8-9,11,13-14H2,1-3H3,(H,24,28)(H,27,31)/t15-,23?/m1/s1. The van der Waals surface area contributed by atoms with Crippen molar-refractivity contribution in [1.82, 2.24) is 30.3 Å². The second-order valence-corrected chi connectivity index (χ2v) is 9.45. The number of H-pyrrole nitrogens is 1. The van der Waals surface area contributed by atoms with Crippen LogP contribution in [0.1, 0.15) is 39.2 Å². The molecular formula is C23H27N7O3. The predicted octanol–water partition coefficient (Wildman–Crippen LogP) is 1.14. The van der Waals surface area contributed by atoms with Crippen molar-refractivity contribution in [1.29, 1.82) is 0 Å². The maximum Gasteiger partial charge on any atom is 0.224 e. The zero-order valence-corrected chi connectivity index (χ0v) is 18.9. The summed E-state index contributed by atoms with van der Waals surface area (Å²) in [7, 11) is 0. The number of aromatic nitrogens is 5. The van der Waals surface area contributed by atoms with Gasteiger partial charge in [0.2, 0.25) is 5.91 Å². The Labute approximate surface area is 191 Å². The number of anilines is 1. The zero-order valence-electron chi connectivity index (χ0n) is 18.9. The number of nitrogens with zero attached hydrogens (tertiary/aromatic N) is 5. The van der Waals surface area contributed by atoms with Gasteiger partial charge in [0.1, 0.15) is 11.4 Å². The summed E-state index contributed by atoms with van der Waals surface area (Å²) in [5.41, 5.74) is -0.621. The Balaban J connectivity index is 1.62. The third kappa shape index (κ3) is 4.17. The van der Waals surface area contributed by atoms with Crippen molar-refractivity contribution >= 4 is 22.8 Å². The summed E-state index contributed by atoms with van der Waals surface area (Å²) in [6.07, 6.45) is 3.65. The summed E-state index contributed by atoms with van der Waals surface area (Å²) in [6.45, 7) is 7.80. The lowest BCUT2D eigenvalue weighted by Gasteiger charge is -2.38. The Bertz CT molecular complexity index is 1250. The molecule has 2 atom stereocenters. The molecule has 2 fully saturated rings. The van der Waals surface area contributed by atoms with Crippen LogP contribution in [0.3, 0.4) is 0 Å². The van der Waals surface area contributed by atoms with Gasteiger partial charge in [-0.1, -0.05) is 11.8 Å². The number of carbonyl (C=O) groups is 1. The molecule has 0 spiro atoms. The van der Waals surface area contributed by atoms with Gasteiger partial charge in [0.15, 0.2) is 11.5 Å². The molecule has 5 heterocycles. The van der Waals surface area contributed by atoms with Crippen molar-refractivity contribution in [2.24, 2.45) is 0 Å². The molecular weight excluding hydrogens is 422 g/mol. The third-order valence-electron chi connectivity index (χ3n) is 6.00. The van der Waals surface area contributed by atoms with Crippen LogP contribution in [0.4, 0.5) is 5.82 Å². The molecule has 0 saturated carbocycles. The molecule has 3 aromatic heterocycles. The third-order valence-corrected chi connectivity index (χ3v) is 6.00. The molecule has 3 N–H and O–H groups in total. The number of piperidine rings is 1. The smallest absolute Gasteiger partial charge is 0.224 e. The number of rotatable bonds is 2. The fourth-order valence-corrected chi connectivity index (χ4v) is 4.65. The average molecular weight is 450 g/mol. The van der Waals surface area contributed by atoms with E-state index in [1.165, 1.54) is 0 Å². The first-order valence-corrected chi connectivity index (χ1v) is 11.0. The minimum atomic E-state index is -1.41. The van der Waals surface area contributed by atoms with Crippen LogP contribution in [0.15, 0.2) is 24.5 Å². The number of amides is 1. The lowest BCUT2D eigenvalue weighted by atomic mass is 9.81. The molecule has 10 heteroatoms. The number of aliphatic hydroxyl groups is 1. The number of ether oxygens (including phenoxy) is 1. The van der Waals surface area contributed by atoms with E-state index in [2.05, 4.69) is 44.3 Å². The topological polar surface area (TPSA) is 121 Å². The number of pyridine rings is 1. The summed E-state index contributed by atoms with van der Waals surface area (Å²) in [6, 6.07) is 3.89. The van der Waals surface area contributed by atoms with E-state index in [1.807, 2.05) is 26.0 Å². The largest absolute Gasteiger partial charge is 0.377 e. The van der Waals surface area contributed by atoms with Gasteiger partial charge in [0.25, 0.3) is 0 Å². The Morgan fingerprint density at radius 1 is 1.36 bits per heavy atom. The van der Waals surface area contributed by atoms with E-state index in [1.54, 1.807) is 17.1 Å². The molecule has 10 nitrogen and oxygen atoms in total. The van der Waals surface area contributed by atoms with Crippen molar-refractivity contribution in [3.63, 3.8) is 0 Å². The zero-order chi connectivity index (χ0) is 23.2. The monoisotopic (exact) mass is 449 g/mol. The molecule has 2 aliphatic rings. The fourth-order valence-electron chi connectivity index (χ4n) is 4.65. The maximum atomic E-state index is 12.2. The first-order valence-electron chi connectivity index (χ1n) is 11.0.